The van der Waals surface area contributed by atoms with Crippen molar-refractivity contribution in [3.05, 3.63) is 41.3 Å². The van der Waals surface area contributed by atoms with Gasteiger partial charge in [0.15, 0.2) is 5.69 Å². The number of aromatic amines is 1. The number of nitrogens with zero attached hydrogens (tertiary/aromatic N) is 1. The Kier molecular flexibility index (Phi) is 2.43. The second kappa shape index (κ2) is 3.74. The molecule has 5 heteroatoms. The predicted octanol–water partition coefficient (Wildman–Crippen LogP) is 2.43. The van der Waals surface area contributed by atoms with Gasteiger partial charge in [-0.25, -0.2) is 9.78 Å². The van der Waals surface area contributed by atoms with E-state index >= 15 is 0 Å². The Morgan fingerprint density at radius 1 is 1.33 bits per heavy atom. The molecule has 0 aliphatic heterocycles. The third-order valence-electron chi connectivity index (χ3n) is 1.94. The van der Waals surface area contributed by atoms with E-state index in [2.05, 4.69) is 9.97 Å². The number of carbonyl (C=O) groups is 1. The van der Waals surface area contributed by atoms with Crippen molar-refractivity contribution in [1.82, 2.24) is 9.97 Å². The molecule has 0 saturated carbocycles. The highest BCUT2D eigenvalue weighted by molar-refractivity contribution is 6.28. The van der Waals surface area contributed by atoms with Crippen LogP contribution in [-0.2, 0) is 0 Å². The lowest BCUT2D eigenvalue weighted by molar-refractivity contribution is 0.0692. The number of halogens is 1. The first kappa shape index (κ1) is 9.73. The summed E-state index contributed by atoms with van der Waals surface area (Å²) in [6.45, 7) is 0. The molecule has 0 bridgehead atoms. The van der Waals surface area contributed by atoms with Crippen molar-refractivity contribution in [2.24, 2.45) is 0 Å². The van der Waals surface area contributed by atoms with Gasteiger partial charge in [0.1, 0.15) is 5.69 Å². The maximum absolute atomic E-state index is 10.9. The second-order valence-electron chi connectivity index (χ2n) is 2.92. The third-order valence-corrected chi connectivity index (χ3v) is 2.12. The monoisotopic (exact) mass is 222 g/mol. The number of rotatable bonds is 2. The molecule has 1 heterocycles. The highest BCUT2D eigenvalue weighted by atomic mass is 35.5. The summed E-state index contributed by atoms with van der Waals surface area (Å²) in [5.41, 5.74) is 1.08. The van der Waals surface area contributed by atoms with Gasteiger partial charge in [-0.2, -0.15) is 0 Å². The van der Waals surface area contributed by atoms with Gasteiger partial charge < -0.3 is 10.1 Å². The Balaban J connectivity index is 2.58. The number of H-pyrrole nitrogens is 1. The Morgan fingerprint density at radius 2 is 2.00 bits per heavy atom. The number of nitrogens with one attached hydrogen (secondary N) is 1. The highest BCUT2D eigenvalue weighted by Gasteiger charge is 2.16. The zero-order chi connectivity index (χ0) is 10.8. The minimum absolute atomic E-state index is 0.00574. The van der Waals surface area contributed by atoms with Crippen LogP contribution in [0.25, 0.3) is 11.3 Å². The summed E-state index contributed by atoms with van der Waals surface area (Å²) >= 11 is 5.63. The lowest BCUT2D eigenvalue weighted by Crippen LogP contribution is -1.98. The molecule has 0 unspecified atom stereocenters. The number of carboxylic acids is 1. The van der Waals surface area contributed by atoms with Crippen molar-refractivity contribution in [2.45, 2.75) is 0 Å². The Hall–Kier alpha value is -1.81. The summed E-state index contributed by atoms with van der Waals surface area (Å²) in [5, 5.41) is 8.99. The van der Waals surface area contributed by atoms with Crippen molar-refractivity contribution in [2.75, 3.05) is 0 Å². The first-order chi connectivity index (χ1) is 7.18. The quantitative estimate of drug-likeness (QED) is 0.820. The molecule has 0 amide bonds. The van der Waals surface area contributed by atoms with E-state index in [4.69, 9.17) is 16.7 Å². The molecular weight excluding hydrogens is 216 g/mol. The number of imidazole rings is 1. The van der Waals surface area contributed by atoms with Gasteiger partial charge >= 0.3 is 5.97 Å². The van der Waals surface area contributed by atoms with Gasteiger partial charge in [-0.05, 0) is 11.6 Å². The molecule has 1 aromatic carbocycles. The van der Waals surface area contributed by atoms with E-state index in [1.807, 2.05) is 18.2 Å². The molecule has 0 fully saturated rings. The van der Waals surface area contributed by atoms with Crippen molar-refractivity contribution >= 4 is 17.6 Å². The van der Waals surface area contributed by atoms with Crippen LogP contribution in [0.3, 0.4) is 0 Å². The third kappa shape index (κ3) is 1.85. The molecule has 2 rings (SSSR count). The van der Waals surface area contributed by atoms with E-state index < -0.39 is 5.97 Å². The van der Waals surface area contributed by atoms with Crippen LogP contribution in [0, 0.1) is 0 Å². The van der Waals surface area contributed by atoms with E-state index in [0.29, 0.717) is 5.69 Å². The molecule has 15 heavy (non-hydrogen) atoms. The molecular formula is C10H7ClN2O2. The summed E-state index contributed by atoms with van der Waals surface area (Å²) in [5.74, 6) is -1.08. The van der Waals surface area contributed by atoms with Crippen LogP contribution in [0.1, 0.15) is 10.5 Å². The van der Waals surface area contributed by atoms with Gasteiger partial charge in [-0.1, -0.05) is 30.3 Å². The van der Waals surface area contributed by atoms with Crippen molar-refractivity contribution < 1.29 is 9.90 Å². The van der Waals surface area contributed by atoms with Crippen LogP contribution in [0.4, 0.5) is 0 Å². The predicted molar refractivity (Wildman–Crippen MR) is 56.0 cm³/mol. The lowest BCUT2D eigenvalue weighted by atomic mass is 10.1. The van der Waals surface area contributed by atoms with Crippen LogP contribution in [-0.4, -0.2) is 21.0 Å². The largest absolute Gasteiger partial charge is 0.477 e. The first-order valence-corrected chi connectivity index (χ1v) is 4.60. The molecule has 4 nitrogen and oxygen atoms in total. The number of hydrogen-bond acceptors (Lipinski definition) is 2. The molecule has 0 saturated heterocycles. The average molecular weight is 223 g/mol. The number of carboxylic acid groups (broad SMARTS) is 1. The van der Waals surface area contributed by atoms with E-state index in [1.54, 1.807) is 12.1 Å². The van der Waals surface area contributed by atoms with E-state index in [-0.39, 0.29) is 11.0 Å². The molecule has 1 aromatic heterocycles. The number of aromatic carboxylic acids is 1. The van der Waals surface area contributed by atoms with Crippen LogP contribution >= 0.6 is 11.6 Å². The summed E-state index contributed by atoms with van der Waals surface area (Å²) in [4.78, 5) is 17.3. The number of hydrogen-bond donors (Lipinski definition) is 2. The molecule has 2 aromatic rings. The van der Waals surface area contributed by atoms with Crippen molar-refractivity contribution in [3.8, 4) is 11.3 Å². The topological polar surface area (TPSA) is 66.0 Å². The van der Waals surface area contributed by atoms with Crippen molar-refractivity contribution in [3.63, 3.8) is 0 Å². The Labute approximate surface area is 90.5 Å². The molecule has 0 radical (unpaired) electrons. The lowest BCUT2D eigenvalue weighted by Gasteiger charge is -1.97. The Bertz CT molecular complexity index is 493. The van der Waals surface area contributed by atoms with E-state index in [0.717, 1.165) is 5.56 Å². The fourth-order valence-corrected chi connectivity index (χ4v) is 1.48. The average Bonchev–Trinajstić information content (AvgIpc) is 2.62. The number of benzene rings is 1. The summed E-state index contributed by atoms with van der Waals surface area (Å²) in [7, 11) is 0. The molecule has 0 aliphatic rings. The van der Waals surface area contributed by atoms with Crippen molar-refractivity contribution in [1.29, 1.82) is 0 Å². The fourth-order valence-electron chi connectivity index (χ4n) is 1.30. The SMILES string of the molecule is O=C(O)c1[nH]c(Cl)nc1-c1ccccc1. The zero-order valence-electron chi connectivity index (χ0n) is 7.57. The Morgan fingerprint density at radius 3 is 2.60 bits per heavy atom. The summed E-state index contributed by atoms with van der Waals surface area (Å²) in [6.07, 6.45) is 0. The maximum atomic E-state index is 10.9. The van der Waals surface area contributed by atoms with Gasteiger partial charge in [0.25, 0.3) is 0 Å². The molecule has 76 valence electrons. The van der Waals surface area contributed by atoms with Gasteiger partial charge in [0.05, 0.1) is 0 Å². The van der Waals surface area contributed by atoms with E-state index in [9.17, 15) is 4.79 Å². The minimum Gasteiger partial charge on any atom is -0.477 e. The van der Waals surface area contributed by atoms with Crippen LogP contribution < -0.4 is 0 Å². The zero-order valence-corrected chi connectivity index (χ0v) is 8.32. The van der Waals surface area contributed by atoms with E-state index in [1.165, 1.54) is 0 Å². The van der Waals surface area contributed by atoms with Crippen LogP contribution in [0.5, 0.6) is 0 Å². The highest BCUT2D eigenvalue weighted by Crippen LogP contribution is 2.22. The molecule has 0 aliphatic carbocycles. The summed E-state index contributed by atoms with van der Waals surface area (Å²) in [6, 6.07) is 9.02. The van der Waals surface area contributed by atoms with Crippen LogP contribution in [0.15, 0.2) is 30.3 Å². The van der Waals surface area contributed by atoms with Gasteiger partial charge in [-0.3, -0.25) is 0 Å². The smallest absolute Gasteiger partial charge is 0.354 e. The fraction of sp³-hybridized carbons (Fsp3) is 0. The minimum atomic E-state index is -1.08. The molecule has 0 atom stereocenters. The van der Waals surface area contributed by atoms with Crippen LogP contribution in [0.2, 0.25) is 5.28 Å². The summed E-state index contributed by atoms with van der Waals surface area (Å²) < 4.78 is 0. The second-order valence-corrected chi connectivity index (χ2v) is 3.28. The van der Waals surface area contributed by atoms with Gasteiger partial charge in [0, 0.05) is 5.56 Å². The van der Waals surface area contributed by atoms with Gasteiger partial charge in [0.2, 0.25) is 5.28 Å². The van der Waals surface area contributed by atoms with Gasteiger partial charge in [-0.15, -0.1) is 0 Å². The molecule has 2 N–H and O–H groups in total. The first-order valence-electron chi connectivity index (χ1n) is 4.22. The standard InChI is InChI=1S/C10H7ClN2O2/c11-10-12-7(8(13-10)9(14)15)6-4-2-1-3-5-6/h1-5H,(H,12,13)(H,14,15). The normalized spacial score (nSPS) is 10.2. The maximum Gasteiger partial charge on any atom is 0.354 e. The number of aromatic nitrogens is 2. The molecule has 0 spiro atoms.